The second-order valence-electron chi connectivity index (χ2n) is 7.06. The second-order valence-corrected chi connectivity index (χ2v) is 7.06. The molecule has 4 nitrogen and oxygen atoms in total. The molecule has 2 N–H and O–H groups in total. The van der Waals surface area contributed by atoms with Crippen LogP contribution in [0.1, 0.15) is 44.6 Å². The van der Waals surface area contributed by atoms with E-state index in [1.54, 1.807) is 0 Å². The van der Waals surface area contributed by atoms with Gasteiger partial charge in [0.15, 0.2) is 0 Å². The number of nitrogens with zero attached hydrogens (tertiary/aromatic N) is 1. The van der Waals surface area contributed by atoms with Crippen LogP contribution in [0.3, 0.4) is 0 Å². The number of hydrogen-bond donors (Lipinski definition) is 1. The largest absolute Gasteiger partial charge is 0.399 e. The summed E-state index contributed by atoms with van der Waals surface area (Å²) in [6.07, 6.45) is 6.69. The normalized spacial score (nSPS) is 25.3. The van der Waals surface area contributed by atoms with Gasteiger partial charge in [-0.3, -0.25) is 4.79 Å². The first-order valence-corrected chi connectivity index (χ1v) is 8.78. The molecule has 2 fully saturated rings. The summed E-state index contributed by atoms with van der Waals surface area (Å²) in [7, 11) is 1.96. The van der Waals surface area contributed by atoms with Crippen molar-refractivity contribution in [2.45, 2.75) is 57.6 Å². The van der Waals surface area contributed by atoms with Crippen molar-refractivity contribution in [1.29, 1.82) is 0 Å². The number of nitrogen functional groups attached to an aromatic ring is 1. The molecule has 2 aliphatic rings. The van der Waals surface area contributed by atoms with E-state index in [-0.39, 0.29) is 11.3 Å². The lowest BCUT2D eigenvalue weighted by Gasteiger charge is -2.57. The van der Waals surface area contributed by atoms with Gasteiger partial charge in [0.05, 0.1) is 12.5 Å². The average Bonchev–Trinajstić information content (AvgIpc) is 3.05. The maximum absolute atomic E-state index is 12.7. The Hall–Kier alpha value is -1.55. The number of hydrogen-bond acceptors (Lipinski definition) is 3. The molecule has 0 saturated heterocycles. The molecule has 0 aliphatic heterocycles. The first-order chi connectivity index (χ1) is 11.1. The molecule has 0 heterocycles. The summed E-state index contributed by atoms with van der Waals surface area (Å²) in [6.45, 7) is 2.83. The zero-order chi connectivity index (χ0) is 16.4. The SMILES string of the molecule is CCOC1CC(N(C)C(=O)Cc2ccc(N)cc2)C12CCCC2. The van der Waals surface area contributed by atoms with Gasteiger partial charge in [-0.15, -0.1) is 0 Å². The third kappa shape index (κ3) is 2.97. The van der Waals surface area contributed by atoms with Crippen molar-refractivity contribution in [3.05, 3.63) is 29.8 Å². The van der Waals surface area contributed by atoms with Crippen LogP contribution >= 0.6 is 0 Å². The summed E-state index contributed by atoms with van der Waals surface area (Å²) in [5, 5.41) is 0. The molecule has 4 heteroatoms. The fraction of sp³-hybridized carbons (Fsp3) is 0.632. The Bertz CT molecular complexity index is 549. The predicted octanol–water partition coefficient (Wildman–Crippen LogP) is 3.01. The van der Waals surface area contributed by atoms with Crippen LogP contribution in [-0.2, 0) is 16.0 Å². The first kappa shape index (κ1) is 16.3. The summed E-state index contributed by atoms with van der Waals surface area (Å²) in [6, 6.07) is 7.93. The van der Waals surface area contributed by atoms with E-state index in [1.165, 1.54) is 25.7 Å². The standard InChI is InChI=1S/C19H28N2O2/c1-3-23-17-13-16(19(17)10-4-5-11-19)21(2)18(22)12-14-6-8-15(20)9-7-14/h6-9,16-17H,3-5,10-13,20H2,1-2H3. The average molecular weight is 316 g/mol. The lowest BCUT2D eigenvalue weighted by molar-refractivity contribution is -0.172. The van der Waals surface area contributed by atoms with Crippen LogP contribution in [0.25, 0.3) is 0 Å². The van der Waals surface area contributed by atoms with Gasteiger partial charge in [-0.2, -0.15) is 0 Å². The molecule has 2 atom stereocenters. The van der Waals surface area contributed by atoms with Crippen molar-refractivity contribution in [3.8, 4) is 0 Å². The van der Waals surface area contributed by atoms with Gasteiger partial charge in [-0.25, -0.2) is 0 Å². The molecule has 2 unspecified atom stereocenters. The van der Waals surface area contributed by atoms with Crippen molar-refractivity contribution >= 4 is 11.6 Å². The van der Waals surface area contributed by atoms with Gasteiger partial charge in [0, 0.05) is 30.8 Å². The molecule has 126 valence electrons. The Morgan fingerprint density at radius 2 is 1.96 bits per heavy atom. The summed E-state index contributed by atoms with van der Waals surface area (Å²) in [5.41, 5.74) is 7.68. The topological polar surface area (TPSA) is 55.6 Å². The van der Waals surface area contributed by atoms with E-state index >= 15 is 0 Å². The third-order valence-corrected chi connectivity index (χ3v) is 5.84. The molecule has 1 aromatic rings. The highest BCUT2D eigenvalue weighted by Crippen LogP contribution is 2.56. The number of ether oxygens (including phenoxy) is 1. The van der Waals surface area contributed by atoms with Crippen LogP contribution in [0.2, 0.25) is 0 Å². The molecule has 0 aromatic heterocycles. The maximum Gasteiger partial charge on any atom is 0.227 e. The van der Waals surface area contributed by atoms with E-state index in [1.807, 2.05) is 36.2 Å². The predicted molar refractivity (Wildman–Crippen MR) is 92.0 cm³/mol. The molecule has 2 aliphatic carbocycles. The van der Waals surface area contributed by atoms with Gasteiger partial charge in [-0.05, 0) is 43.9 Å². The van der Waals surface area contributed by atoms with Crippen LogP contribution in [0.15, 0.2) is 24.3 Å². The number of rotatable bonds is 5. The monoisotopic (exact) mass is 316 g/mol. The minimum absolute atomic E-state index is 0.195. The van der Waals surface area contributed by atoms with E-state index in [0.717, 1.165) is 24.3 Å². The molecule has 1 aromatic carbocycles. The number of nitrogens with two attached hydrogens (primary N) is 1. The Balaban J connectivity index is 1.66. The fourth-order valence-corrected chi connectivity index (χ4v) is 4.50. The summed E-state index contributed by atoms with van der Waals surface area (Å²) in [5.74, 6) is 0.195. The number of amides is 1. The van der Waals surface area contributed by atoms with Gasteiger partial charge in [0.1, 0.15) is 0 Å². The van der Waals surface area contributed by atoms with Gasteiger partial charge in [0.25, 0.3) is 0 Å². The van der Waals surface area contributed by atoms with Gasteiger partial charge in [0.2, 0.25) is 5.91 Å². The van der Waals surface area contributed by atoms with Crippen LogP contribution < -0.4 is 5.73 Å². The van der Waals surface area contributed by atoms with E-state index in [9.17, 15) is 4.79 Å². The zero-order valence-electron chi connectivity index (χ0n) is 14.3. The van der Waals surface area contributed by atoms with Gasteiger partial charge >= 0.3 is 0 Å². The summed E-state index contributed by atoms with van der Waals surface area (Å²) < 4.78 is 5.96. The van der Waals surface area contributed by atoms with Crippen LogP contribution in [0, 0.1) is 5.41 Å². The molecule has 23 heavy (non-hydrogen) atoms. The third-order valence-electron chi connectivity index (χ3n) is 5.84. The van der Waals surface area contributed by atoms with Crippen LogP contribution in [0.5, 0.6) is 0 Å². The highest BCUT2D eigenvalue weighted by Gasteiger charge is 2.58. The Morgan fingerprint density at radius 1 is 1.30 bits per heavy atom. The molecule has 0 bridgehead atoms. The number of carbonyl (C=O) groups excluding carboxylic acids is 1. The highest BCUT2D eigenvalue weighted by atomic mass is 16.5. The Labute approximate surface area is 139 Å². The van der Waals surface area contributed by atoms with Crippen LogP contribution in [0.4, 0.5) is 5.69 Å². The zero-order valence-corrected chi connectivity index (χ0v) is 14.3. The van der Waals surface area contributed by atoms with Crippen LogP contribution in [-0.4, -0.2) is 36.6 Å². The Kier molecular flexibility index (Phi) is 4.62. The van der Waals surface area contributed by atoms with Crippen molar-refractivity contribution in [1.82, 2.24) is 4.90 Å². The number of anilines is 1. The van der Waals surface area contributed by atoms with Gasteiger partial charge < -0.3 is 15.4 Å². The molecular weight excluding hydrogens is 288 g/mol. The number of carbonyl (C=O) groups is 1. The van der Waals surface area contributed by atoms with Crippen molar-refractivity contribution in [2.75, 3.05) is 19.4 Å². The summed E-state index contributed by atoms with van der Waals surface area (Å²) in [4.78, 5) is 14.7. The highest BCUT2D eigenvalue weighted by molar-refractivity contribution is 5.79. The van der Waals surface area contributed by atoms with Gasteiger partial charge in [-0.1, -0.05) is 25.0 Å². The fourth-order valence-electron chi connectivity index (χ4n) is 4.50. The number of likely N-dealkylation sites (N-methyl/N-ethyl adjacent to an activating group) is 1. The van der Waals surface area contributed by atoms with Crippen molar-refractivity contribution in [3.63, 3.8) is 0 Å². The maximum atomic E-state index is 12.7. The lowest BCUT2D eigenvalue weighted by Crippen LogP contribution is -2.64. The summed E-state index contributed by atoms with van der Waals surface area (Å²) >= 11 is 0. The number of benzene rings is 1. The smallest absolute Gasteiger partial charge is 0.227 e. The van der Waals surface area contributed by atoms with E-state index in [2.05, 4.69) is 6.92 Å². The quantitative estimate of drug-likeness (QED) is 0.850. The van der Waals surface area contributed by atoms with E-state index < -0.39 is 0 Å². The van der Waals surface area contributed by atoms with E-state index in [0.29, 0.717) is 18.6 Å². The minimum Gasteiger partial charge on any atom is -0.399 e. The second kappa shape index (κ2) is 6.52. The first-order valence-electron chi connectivity index (χ1n) is 8.78. The van der Waals surface area contributed by atoms with Crippen molar-refractivity contribution in [2.24, 2.45) is 5.41 Å². The van der Waals surface area contributed by atoms with Crippen molar-refractivity contribution < 1.29 is 9.53 Å². The molecule has 2 saturated carbocycles. The molecule has 1 amide bonds. The Morgan fingerprint density at radius 3 is 2.57 bits per heavy atom. The molecule has 3 rings (SSSR count). The molecule has 1 spiro atoms. The van der Waals surface area contributed by atoms with E-state index in [4.69, 9.17) is 10.5 Å². The lowest BCUT2D eigenvalue weighted by atomic mass is 9.60. The molecular formula is C19H28N2O2. The minimum atomic E-state index is 0.195. The molecule has 0 radical (unpaired) electrons.